The molecule has 0 aliphatic heterocycles. The Labute approximate surface area is 58.7 Å². The topological polar surface area (TPSA) is 0 Å². The monoisotopic (exact) mass is 180 g/mol. The molecule has 0 atom stereocenters. The molecular formula is C4H8ClF3S. The van der Waals surface area contributed by atoms with Crippen molar-refractivity contribution in [2.24, 2.45) is 0 Å². The van der Waals surface area contributed by atoms with E-state index in [4.69, 9.17) is 11.6 Å². The molecule has 0 nitrogen and oxygen atoms in total. The van der Waals surface area contributed by atoms with Gasteiger partial charge in [0.2, 0.25) is 0 Å². The van der Waals surface area contributed by atoms with Crippen LogP contribution < -0.4 is 0 Å². The van der Waals surface area contributed by atoms with Crippen LogP contribution in [0.4, 0.5) is 13.2 Å². The van der Waals surface area contributed by atoms with E-state index in [0.717, 1.165) is 12.5 Å². The molecule has 0 fully saturated rings. The predicted octanol–water partition coefficient (Wildman–Crippen LogP) is 2.77. The quantitative estimate of drug-likeness (QED) is 0.545. The lowest BCUT2D eigenvalue weighted by Crippen LogP contribution is -2.18. The maximum atomic E-state index is 11.8. The molecule has 0 N–H and O–H groups in total. The molecule has 9 heavy (non-hydrogen) atoms. The zero-order valence-electron chi connectivity index (χ0n) is 5.13. The van der Waals surface area contributed by atoms with E-state index in [1.807, 2.05) is 0 Å². The molecule has 0 aromatic rings. The maximum absolute atomic E-state index is 11.8. The highest BCUT2D eigenvalue weighted by Crippen LogP contribution is 2.56. The highest BCUT2D eigenvalue weighted by atomic mass is 35.5. The second-order valence-corrected chi connectivity index (χ2v) is 6.51. The van der Waals surface area contributed by atoms with Gasteiger partial charge in [0.15, 0.2) is 0 Å². The van der Waals surface area contributed by atoms with E-state index < -0.39 is 15.5 Å². The average Bonchev–Trinajstić information content (AvgIpc) is 1.64. The van der Waals surface area contributed by atoms with Gasteiger partial charge >= 0.3 is 5.51 Å². The normalized spacial score (nSPS) is 15.8. The summed E-state index contributed by atoms with van der Waals surface area (Å²) in [6.45, 7) is 0. The van der Waals surface area contributed by atoms with Crippen molar-refractivity contribution in [2.75, 3.05) is 17.7 Å². The molecule has 0 rings (SSSR count). The second-order valence-electron chi connectivity index (χ2n) is 2.09. The van der Waals surface area contributed by atoms with E-state index >= 15 is 0 Å². The maximum Gasteiger partial charge on any atom is 0.426 e. The standard InChI is InChI=1S/C4H8ClF3S/c1-9(2,3-5)4(6,7)8/h3H2,1-2H3. The molecule has 0 spiro atoms. The van der Waals surface area contributed by atoms with Crippen molar-refractivity contribution in [3.05, 3.63) is 0 Å². The van der Waals surface area contributed by atoms with Gasteiger partial charge in [-0.3, -0.25) is 0 Å². The summed E-state index contributed by atoms with van der Waals surface area (Å²) in [4.78, 5) is 0. The van der Waals surface area contributed by atoms with E-state index in [1.165, 1.54) is 0 Å². The summed E-state index contributed by atoms with van der Waals surface area (Å²) < 4.78 is 35.4. The molecule has 0 aromatic heterocycles. The first kappa shape index (κ1) is 9.43. The Hall–Kier alpha value is 0.430. The SMILES string of the molecule is CS(C)(CCl)C(F)(F)F. The number of halogens is 4. The van der Waals surface area contributed by atoms with E-state index in [2.05, 4.69) is 0 Å². The van der Waals surface area contributed by atoms with Gasteiger partial charge in [-0.15, -0.1) is 21.6 Å². The van der Waals surface area contributed by atoms with Crippen LogP contribution in [-0.2, 0) is 0 Å². The Morgan fingerprint density at radius 3 is 1.67 bits per heavy atom. The molecule has 0 bridgehead atoms. The van der Waals surface area contributed by atoms with E-state index in [1.54, 1.807) is 0 Å². The summed E-state index contributed by atoms with van der Waals surface area (Å²) in [5.41, 5.74) is -4.10. The molecule has 0 aliphatic rings. The third-order valence-corrected chi connectivity index (χ3v) is 4.33. The third kappa shape index (κ3) is 2.26. The van der Waals surface area contributed by atoms with Crippen LogP contribution in [-0.4, -0.2) is 23.2 Å². The van der Waals surface area contributed by atoms with Crippen LogP contribution in [0.5, 0.6) is 0 Å². The molecule has 0 aliphatic carbocycles. The number of hydrogen-bond donors (Lipinski definition) is 0. The van der Waals surface area contributed by atoms with Crippen molar-refractivity contribution < 1.29 is 13.2 Å². The van der Waals surface area contributed by atoms with Crippen LogP contribution in [0.3, 0.4) is 0 Å². The van der Waals surface area contributed by atoms with Gasteiger partial charge in [-0.1, -0.05) is 0 Å². The van der Waals surface area contributed by atoms with Crippen LogP contribution in [0.1, 0.15) is 0 Å². The summed E-state index contributed by atoms with van der Waals surface area (Å²) in [7, 11) is -2.57. The van der Waals surface area contributed by atoms with Gasteiger partial charge in [0.05, 0.1) is 5.21 Å². The summed E-state index contributed by atoms with van der Waals surface area (Å²) in [6.07, 6.45) is 2.31. The highest BCUT2D eigenvalue weighted by molar-refractivity contribution is 8.34. The van der Waals surface area contributed by atoms with Crippen LogP contribution in [0, 0.1) is 0 Å². The fourth-order valence-electron chi connectivity index (χ4n) is 0.0619. The number of alkyl halides is 4. The highest BCUT2D eigenvalue weighted by Gasteiger charge is 2.42. The number of rotatable bonds is 1. The Balaban J connectivity index is 4.14. The minimum atomic E-state index is -4.10. The Morgan fingerprint density at radius 2 is 1.67 bits per heavy atom. The summed E-state index contributed by atoms with van der Waals surface area (Å²) in [5.74, 6) is 0. The lowest BCUT2D eigenvalue weighted by atomic mass is 11.5. The third-order valence-electron chi connectivity index (χ3n) is 0.899. The van der Waals surface area contributed by atoms with Crippen molar-refractivity contribution in [2.45, 2.75) is 5.51 Å². The van der Waals surface area contributed by atoms with Gasteiger partial charge in [0.1, 0.15) is 0 Å². The van der Waals surface area contributed by atoms with Crippen molar-refractivity contribution in [1.29, 1.82) is 0 Å². The van der Waals surface area contributed by atoms with Crippen LogP contribution in [0.2, 0.25) is 0 Å². The summed E-state index contributed by atoms with van der Waals surface area (Å²) in [5, 5.41) is -0.309. The average molecular weight is 181 g/mol. The van der Waals surface area contributed by atoms with E-state index in [-0.39, 0.29) is 5.21 Å². The largest absolute Gasteiger partial charge is 0.426 e. The molecular weight excluding hydrogens is 173 g/mol. The first-order chi connectivity index (χ1) is 3.81. The fraction of sp³-hybridized carbons (Fsp3) is 1.00. The molecule has 58 valence electrons. The van der Waals surface area contributed by atoms with Crippen LogP contribution in [0.15, 0.2) is 0 Å². The Bertz CT molecular complexity index is 98.5. The zero-order chi connectivity index (χ0) is 7.71. The Kier molecular flexibility index (Phi) is 2.70. The zero-order valence-corrected chi connectivity index (χ0v) is 6.70. The van der Waals surface area contributed by atoms with E-state index in [9.17, 15) is 13.2 Å². The predicted molar refractivity (Wildman–Crippen MR) is 36.2 cm³/mol. The van der Waals surface area contributed by atoms with Gasteiger partial charge in [-0.2, -0.15) is 13.2 Å². The minimum Gasteiger partial charge on any atom is -0.162 e. The molecule has 0 heterocycles. The second kappa shape index (κ2) is 2.58. The molecule has 5 heteroatoms. The summed E-state index contributed by atoms with van der Waals surface area (Å²) >= 11 is 5.09. The molecule has 0 saturated heterocycles. The van der Waals surface area contributed by atoms with Gasteiger partial charge in [0.25, 0.3) is 0 Å². The van der Waals surface area contributed by atoms with Crippen LogP contribution >= 0.6 is 21.6 Å². The lowest BCUT2D eigenvalue weighted by molar-refractivity contribution is -0.0371. The Morgan fingerprint density at radius 1 is 1.33 bits per heavy atom. The smallest absolute Gasteiger partial charge is 0.162 e. The molecule has 0 unspecified atom stereocenters. The number of hydrogen-bond acceptors (Lipinski definition) is 0. The molecule has 0 aromatic carbocycles. The van der Waals surface area contributed by atoms with Crippen molar-refractivity contribution in [1.82, 2.24) is 0 Å². The van der Waals surface area contributed by atoms with Gasteiger partial charge in [0, 0.05) is 0 Å². The first-order valence-corrected chi connectivity index (χ1v) is 5.30. The first-order valence-electron chi connectivity index (χ1n) is 2.14. The molecule has 0 amide bonds. The lowest BCUT2D eigenvalue weighted by Gasteiger charge is -2.30. The van der Waals surface area contributed by atoms with Gasteiger partial charge in [-0.05, 0) is 12.5 Å². The fourth-order valence-corrected chi connectivity index (χ4v) is 0.557. The molecule has 0 saturated carbocycles. The molecule has 0 radical (unpaired) electrons. The van der Waals surface area contributed by atoms with Gasteiger partial charge < -0.3 is 0 Å². The summed E-state index contributed by atoms with van der Waals surface area (Å²) in [6, 6.07) is 0. The van der Waals surface area contributed by atoms with Crippen molar-refractivity contribution in [3.8, 4) is 0 Å². The minimum absolute atomic E-state index is 0.309. The van der Waals surface area contributed by atoms with Gasteiger partial charge in [-0.25, -0.2) is 0 Å². The van der Waals surface area contributed by atoms with Crippen LogP contribution in [0.25, 0.3) is 0 Å². The van der Waals surface area contributed by atoms with Crippen molar-refractivity contribution >= 4 is 21.6 Å². The van der Waals surface area contributed by atoms with Crippen molar-refractivity contribution in [3.63, 3.8) is 0 Å². The van der Waals surface area contributed by atoms with E-state index in [0.29, 0.717) is 0 Å².